The minimum Gasteiger partial charge on any atom is -0.443 e. The van der Waals surface area contributed by atoms with Crippen molar-refractivity contribution >= 4 is 35.1 Å². The maximum absolute atomic E-state index is 12.1. The Kier molecular flexibility index (Phi) is 3.73. The van der Waals surface area contributed by atoms with Gasteiger partial charge in [-0.3, -0.25) is 4.90 Å². The van der Waals surface area contributed by atoms with Gasteiger partial charge in [-0.1, -0.05) is 11.6 Å². The number of hydrogen-bond donors (Lipinski definition) is 0. The average molecular weight is 287 g/mol. The summed E-state index contributed by atoms with van der Waals surface area (Å²) in [6.07, 6.45) is 1.24. The fourth-order valence-corrected chi connectivity index (χ4v) is 2.64. The van der Waals surface area contributed by atoms with Crippen LogP contribution in [-0.2, 0) is 4.74 Å². The van der Waals surface area contributed by atoms with Crippen LogP contribution in [0.4, 0.5) is 10.5 Å². The van der Waals surface area contributed by atoms with Crippen LogP contribution >= 0.6 is 23.4 Å². The maximum atomic E-state index is 12.1. The highest BCUT2D eigenvalue weighted by Gasteiger charge is 2.28. The number of carbonyl (C=O) groups excluding carboxylic acids is 1. The molecule has 4 nitrogen and oxygen atoms in total. The van der Waals surface area contributed by atoms with Crippen molar-refractivity contribution < 1.29 is 9.53 Å². The van der Waals surface area contributed by atoms with Crippen molar-refractivity contribution in [2.75, 3.05) is 17.2 Å². The zero-order valence-corrected chi connectivity index (χ0v) is 12.1. The molecule has 1 aromatic heterocycles. The lowest BCUT2D eigenvalue weighted by molar-refractivity contribution is 0.0581. The SMILES string of the molecule is CC(C)(C)OC(=O)N1CCSc2ncc(Cl)cc21. The normalized spacial score (nSPS) is 15.2. The number of halogens is 1. The Balaban J connectivity index is 2.27. The van der Waals surface area contributed by atoms with Crippen LogP contribution in [0, 0.1) is 0 Å². The molecule has 18 heavy (non-hydrogen) atoms. The molecule has 2 heterocycles. The molecule has 1 aliphatic heterocycles. The highest BCUT2D eigenvalue weighted by molar-refractivity contribution is 7.99. The van der Waals surface area contributed by atoms with Crippen LogP contribution in [0.15, 0.2) is 17.3 Å². The lowest BCUT2D eigenvalue weighted by atomic mass is 10.2. The summed E-state index contributed by atoms with van der Waals surface area (Å²) in [5.41, 5.74) is 0.224. The summed E-state index contributed by atoms with van der Waals surface area (Å²) < 4.78 is 5.38. The topological polar surface area (TPSA) is 42.4 Å². The number of carbonyl (C=O) groups is 1. The molecule has 6 heteroatoms. The third-order valence-corrected chi connectivity index (χ3v) is 3.44. The third-order valence-electron chi connectivity index (χ3n) is 2.26. The molecule has 2 rings (SSSR count). The quantitative estimate of drug-likeness (QED) is 0.731. The number of thioether (sulfide) groups is 1. The van der Waals surface area contributed by atoms with Gasteiger partial charge in [0.25, 0.3) is 0 Å². The number of aromatic nitrogens is 1. The van der Waals surface area contributed by atoms with Crippen LogP contribution in [-0.4, -0.2) is 29.0 Å². The molecular formula is C12H15ClN2O2S. The van der Waals surface area contributed by atoms with Crippen LogP contribution < -0.4 is 4.90 Å². The van der Waals surface area contributed by atoms with Gasteiger partial charge in [-0.05, 0) is 26.8 Å². The van der Waals surface area contributed by atoms with Gasteiger partial charge in [0, 0.05) is 18.5 Å². The van der Waals surface area contributed by atoms with Crippen molar-refractivity contribution in [3.63, 3.8) is 0 Å². The van der Waals surface area contributed by atoms with E-state index in [1.807, 2.05) is 20.8 Å². The number of fused-ring (bicyclic) bond motifs is 1. The molecule has 0 saturated heterocycles. The second-order valence-corrected chi connectivity index (χ2v) is 6.48. The highest BCUT2D eigenvalue weighted by Crippen LogP contribution is 2.35. The molecular weight excluding hydrogens is 272 g/mol. The number of hydrogen-bond acceptors (Lipinski definition) is 4. The zero-order valence-electron chi connectivity index (χ0n) is 10.6. The molecule has 0 spiro atoms. The molecule has 0 aliphatic carbocycles. The van der Waals surface area contributed by atoms with E-state index in [0.717, 1.165) is 16.5 Å². The van der Waals surface area contributed by atoms with Gasteiger partial charge in [0.15, 0.2) is 0 Å². The van der Waals surface area contributed by atoms with Crippen molar-refractivity contribution in [2.24, 2.45) is 0 Å². The second-order valence-electron chi connectivity index (χ2n) is 4.96. The number of nitrogens with zero attached hydrogens (tertiary/aromatic N) is 2. The predicted octanol–water partition coefficient (Wildman–Crippen LogP) is 3.58. The molecule has 0 aromatic carbocycles. The van der Waals surface area contributed by atoms with Crippen molar-refractivity contribution in [2.45, 2.75) is 31.4 Å². The Morgan fingerprint density at radius 1 is 1.56 bits per heavy atom. The van der Waals surface area contributed by atoms with Gasteiger partial charge in [-0.25, -0.2) is 9.78 Å². The van der Waals surface area contributed by atoms with Crippen molar-refractivity contribution in [1.82, 2.24) is 4.98 Å². The number of pyridine rings is 1. The molecule has 1 aliphatic rings. The minimum atomic E-state index is -0.506. The van der Waals surface area contributed by atoms with Crippen LogP contribution in [0.2, 0.25) is 5.02 Å². The first kappa shape index (κ1) is 13.5. The van der Waals surface area contributed by atoms with E-state index >= 15 is 0 Å². The summed E-state index contributed by atoms with van der Waals surface area (Å²) in [6.45, 7) is 6.15. The fourth-order valence-electron chi connectivity index (χ4n) is 1.58. The summed E-state index contributed by atoms with van der Waals surface area (Å²) in [7, 11) is 0. The molecule has 98 valence electrons. The van der Waals surface area contributed by atoms with Crippen molar-refractivity contribution in [3.05, 3.63) is 17.3 Å². The Hall–Kier alpha value is -0.940. The summed E-state index contributed by atoms with van der Waals surface area (Å²) in [5, 5.41) is 1.33. The van der Waals surface area contributed by atoms with E-state index in [1.54, 1.807) is 28.9 Å². The number of amides is 1. The third kappa shape index (κ3) is 3.09. The first-order chi connectivity index (χ1) is 8.37. The minimum absolute atomic E-state index is 0.354. The summed E-state index contributed by atoms with van der Waals surface area (Å²) in [4.78, 5) is 17.9. The van der Waals surface area contributed by atoms with E-state index in [-0.39, 0.29) is 6.09 Å². The smallest absolute Gasteiger partial charge is 0.414 e. The molecule has 0 saturated carbocycles. The van der Waals surface area contributed by atoms with Gasteiger partial charge in [0.1, 0.15) is 10.6 Å². The summed E-state index contributed by atoms with van der Waals surface area (Å²) in [5.74, 6) is 0.806. The predicted molar refractivity (Wildman–Crippen MR) is 73.6 cm³/mol. The molecule has 0 radical (unpaired) electrons. The Morgan fingerprint density at radius 2 is 2.28 bits per heavy atom. The van der Waals surface area contributed by atoms with Gasteiger partial charge in [-0.2, -0.15) is 0 Å². The molecule has 1 aromatic rings. The van der Waals surface area contributed by atoms with Crippen LogP contribution in [0.5, 0.6) is 0 Å². The first-order valence-electron chi connectivity index (χ1n) is 5.66. The lowest BCUT2D eigenvalue weighted by Gasteiger charge is -2.30. The number of ether oxygens (including phenoxy) is 1. The van der Waals surface area contributed by atoms with Gasteiger partial charge < -0.3 is 4.74 Å². The highest BCUT2D eigenvalue weighted by atomic mass is 35.5. The second kappa shape index (κ2) is 4.97. The van der Waals surface area contributed by atoms with Crippen LogP contribution in [0.25, 0.3) is 0 Å². The molecule has 0 atom stereocenters. The molecule has 1 amide bonds. The molecule has 0 N–H and O–H groups in total. The van der Waals surface area contributed by atoms with Crippen LogP contribution in [0.1, 0.15) is 20.8 Å². The lowest BCUT2D eigenvalue weighted by Crippen LogP contribution is -2.40. The molecule has 0 fully saturated rings. The summed E-state index contributed by atoms with van der Waals surface area (Å²) >= 11 is 7.55. The maximum Gasteiger partial charge on any atom is 0.414 e. The van der Waals surface area contributed by atoms with Gasteiger partial charge >= 0.3 is 6.09 Å². The number of anilines is 1. The first-order valence-corrected chi connectivity index (χ1v) is 7.02. The van der Waals surface area contributed by atoms with E-state index in [9.17, 15) is 4.79 Å². The standard InChI is InChI=1S/C12H15ClN2O2S/c1-12(2,3)17-11(16)15-4-5-18-10-9(15)6-8(13)7-14-10/h6-7H,4-5H2,1-3H3. The largest absolute Gasteiger partial charge is 0.443 e. The van der Waals surface area contributed by atoms with Crippen molar-refractivity contribution in [1.29, 1.82) is 0 Å². The van der Waals surface area contributed by atoms with Gasteiger partial charge in [0.2, 0.25) is 0 Å². The van der Waals surface area contributed by atoms with Gasteiger partial charge in [-0.15, -0.1) is 11.8 Å². The molecule has 0 bridgehead atoms. The van der Waals surface area contributed by atoms with E-state index in [4.69, 9.17) is 16.3 Å². The zero-order chi connectivity index (χ0) is 13.3. The Bertz CT molecular complexity index is 474. The Morgan fingerprint density at radius 3 is 2.94 bits per heavy atom. The van der Waals surface area contributed by atoms with E-state index in [0.29, 0.717) is 11.6 Å². The van der Waals surface area contributed by atoms with Crippen LogP contribution in [0.3, 0.4) is 0 Å². The Labute approximate surface area is 116 Å². The monoisotopic (exact) mass is 286 g/mol. The summed E-state index contributed by atoms with van der Waals surface area (Å²) in [6, 6.07) is 1.75. The fraction of sp³-hybridized carbons (Fsp3) is 0.500. The van der Waals surface area contributed by atoms with Gasteiger partial charge in [0.05, 0.1) is 10.7 Å². The number of rotatable bonds is 0. The van der Waals surface area contributed by atoms with E-state index in [2.05, 4.69) is 4.98 Å². The van der Waals surface area contributed by atoms with E-state index < -0.39 is 5.60 Å². The van der Waals surface area contributed by atoms with E-state index in [1.165, 1.54) is 0 Å². The molecule has 0 unspecified atom stereocenters. The average Bonchev–Trinajstić information content (AvgIpc) is 2.25. The van der Waals surface area contributed by atoms with Crippen molar-refractivity contribution in [3.8, 4) is 0 Å².